The Labute approximate surface area is 93.6 Å². The van der Waals surface area contributed by atoms with Gasteiger partial charge in [-0.15, -0.1) is 10.2 Å². The van der Waals surface area contributed by atoms with Gasteiger partial charge in [-0.1, -0.05) is 6.92 Å². The fourth-order valence-electron chi connectivity index (χ4n) is 1.90. The molecular formula is C9H16N6O. The first-order valence-electron chi connectivity index (χ1n) is 5.56. The molecule has 2 rings (SSSR count). The first-order chi connectivity index (χ1) is 7.79. The van der Waals surface area contributed by atoms with Crippen LogP contribution in [0.1, 0.15) is 30.4 Å². The summed E-state index contributed by atoms with van der Waals surface area (Å²) in [4.78, 5) is 14.0. The van der Waals surface area contributed by atoms with Crippen molar-refractivity contribution in [3.05, 3.63) is 5.82 Å². The van der Waals surface area contributed by atoms with Gasteiger partial charge in [-0.05, 0) is 24.6 Å². The highest BCUT2D eigenvalue weighted by atomic mass is 16.2. The van der Waals surface area contributed by atoms with Crippen LogP contribution < -0.4 is 5.32 Å². The van der Waals surface area contributed by atoms with E-state index in [1.807, 2.05) is 0 Å². The van der Waals surface area contributed by atoms with Crippen molar-refractivity contribution < 1.29 is 4.79 Å². The molecule has 0 spiro atoms. The van der Waals surface area contributed by atoms with Crippen LogP contribution in [0.4, 0.5) is 0 Å². The number of nitrogens with one attached hydrogen (secondary N) is 2. The predicted octanol–water partition coefficient (Wildman–Crippen LogP) is -0.586. The Hall–Kier alpha value is -1.50. The number of aromatic nitrogens is 4. The largest absolute Gasteiger partial charge is 0.346 e. The highest BCUT2D eigenvalue weighted by Gasteiger charge is 2.21. The molecule has 88 valence electrons. The fraction of sp³-hybridized carbons (Fsp3) is 0.778. The number of tetrazole rings is 1. The summed E-state index contributed by atoms with van der Waals surface area (Å²) in [5.74, 6) is -0.137. The number of hydrogen-bond donors (Lipinski definition) is 2. The summed E-state index contributed by atoms with van der Waals surface area (Å²) < 4.78 is 0. The van der Waals surface area contributed by atoms with E-state index in [4.69, 9.17) is 0 Å². The normalized spacial score (nSPS) is 18.6. The van der Waals surface area contributed by atoms with Gasteiger partial charge in [0.05, 0.1) is 0 Å². The second kappa shape index (κ2) is 5.02. The van der Waals surface area contributed by atoms with E-state index in [1.165, 1.54) is 0 Å². The third-order valence-corrected chi connectivity index (χ3v) is 2.92. The molecule has 0 unspecified atom stereocenters. The molecule has 1 saturated heterocycles. The molecule has 0 aromatic carbocycles. The lowest BCUT2D eigenvalue weighted by molar-refractivity contribution is 0.0902. The zero-order valence-corrected chi connectivity index (χ0v) is 9.31. The van der Waals surface area contributed by atoms with Crippen molar-refractivity contribution in [3.8, 4) is 0 Å². The summed E-state index contributed by atoms with van der Waals surface area (Å²) in [6.07, 6.45) is 1.97. The zero-order valence-electron chi connectivity index (χ0n) is 9.31. The number of carbonyl (C=O) groups excluding carboxylic acids is 1. The molecule has 1 aromatic heterocycles. The molecule has 2 heterocycles. The van der Waals surface area contributed by atoms with E-state index in [0.717, 1.165) is 32.5 Å². The minimum Gasteiger partial charge on any atom is -0.346 e. The molecule has 1 amide bonds. The second-order valence-electron chi connectivity index (χ2n) is 3.92. The minimum atomic E-state index is -0.247. The molecule has 1 fully saturated rings. The van der Waals surface area contributed by atoms with Crippen molar-refractivity contribution in [2.75, 3.05) is 19.6 Å². The third-order valence-electron chi connectivity index (χ3n) is 2.92. The zero-order chi connectivity index (χ0) is 11.4. The lowest BCUT2D eigenvalue weighted by Gasteiger charge is -2.31. The average molecular weight is 224 g/mol. The van der Waals surface area contributed by atoms with Crippen LogP contribution >= 0.6 is 0 Å². The van der Waals surface area contributed by atoms with Gasteiger partial charge in [0, 0.05) is 19.1 Å². The highest BCUT2D eigenvalue weighted by molar-refractivity contribution is 5.90. The summed E-state index contributed by atoms with van der Waals surface area (Å²) in [6.45, 7) is 5.30. The van der Waals surface area contributed by atoms with Gasteiger partial charge < -0.3 is 10.2 Å². The van der Waals surface area contributed by atoms with Crippen LogP contribution in [-0.2, 0) is 0 Å². The maximum Gasteiger partial charge on any atom is 0.293 e. The molecule has 16 heavy (non-hydrogen) atoms. The minimum absolute atomic E-state index is 0.109. The number of carbonyl (C=O) groups is 1. The number of amides is 1. The average Bonchev–Trinajstić information content (AvgIpc) is 2.83. The summed E-state index contributed by atoms with van der Waals surface area (Å²) >= 11 is 0. The molecule has 0 atom stereocenters. The Kier molecular flexibility index (Phi) is 3.45. The van der Waals surface area contributed by atoms with E-state index < -0.39 is 0 Å². The Morgan fingerprint density at radius 2 is 2.31 bits per heavy atom. The van der Waals surface area contributed by atoms with Crippen LogP contribution in [0.25, 0.3) is 0 Å². The molecule has 0 radical (unpaired) electrons. The summed E-state index contributed by atoms with van der Waals surface area (Å²) in [5.41, 5.74) is 0. The van der Waals surface area contributed by atoms with Crippen LogP contribution in [0, 0.1) is 0 Å². The topological polar surface area (TPSA) is 86.8 Å². The van der Waals surface area contributed by atoms with Crippen LogP contribution in [0.3, 0.4) is 0 Å². The number of piperidine rings is 1. The monoisotopic (exact) mass is 224 g/mol. The maximum atomic E-state index is 11.6. The summed E-state index contributed by atoms with van der Waals surface area (Å²) in [5, 5.41) is 15.8. The van der Waals surface area contributed by atoms with Gasteiger partial charge in [-0.3, -0.25) is 4.79 Å². The van der Waals surface area contributed by atoms with Crippen molar-refractivity contribution in [1.82, 2.24) is 30.8 Å². The number of aromatic amines is 1. The number of H-pyrrole nitrogens is 1. The molecule has 7 nitrogen and oxygen atoms in total. The van der Waals surface area contributed by atoms with E-state index in [9.17, 15) is 4.79 Å². The summed E-state index contributed by atoms with van der Waals surface area (Å²) in [7, 11) is 0. The Morgan fingerprint density at radius 3 is 2.88 bits per heavy atom. The van der Waals surface area contributed by atoms with Gasteiger partial charge >= 0.3 is 0 Å². The van der Waals surface area contributed by atoms with Gasteiger partial charge in [0.2, 0.25) is 0 Å². The van der Waals surface area contributed by atoms with Crippen molar-refractivity contribution >= 4 is 5.91 Å². The number of likely N-dealkylation sites (tertiary alicyclic amines) is 1. The Bertz CT molecular complexity index is 330. The molecule has 0 aliphatic carbocycles. The van der Waals surface area contributed by atoms with E-state index in [0.29, 0.717) is 0 Å². The first kappa shape index (κ1) is 11.0. The van der Waals surface area contributed by atoms with Gasteiger partial charge in [-0.2, -0.15) is 5.21 Å². The lowest BCUT2D eigenvalue weighted by Crippen LogP contribution is -2.44. The Morgan fingerprint density at radius 1 is 1.56 bits per heavy atom. The van der Waals surface area contributed by atoms with E-state index in [1.54, 1.807) is 0 Å². The molecular weight excluding hydrogens is 208 g/mol. The van der Waals surface area contributed by atoms with Crippen molar-refractivity contribution in [1.29, 1.82) is 0 Å². The van der Waals surface area contributed by atoms with Crippen molar-refractivity contribution in [3.63, 3.8) is 0 Å². The summed E-state index contributed by atoms with van der Waals surface area (Å²) in [6, 6.07) is 0.230. The molecule has 1 aliphatic rings. The van der Waals surface area contributed by atoms with E-state index >= 15 is 0 Å². The number of nitrogens with zero attached hydrogens (tertiary/aromatic N) is 4. The lowest BCUT2D eigenvalue weighted by atomic mass is 10.1. The van der Waals surface area contributed by atoms with Crippen LogP contribution in [-0.4, -0.2) is 57.1 Å². The number of hydrogen-bond acceptors (Lipinski definition) is 5. The third kappa shape index (κ3) is 2.54. The highest BCUT2D eigenvalue weighted by Crippen LogP contribution is 2.09. The van der Waals surface area contributed by atoms with Gasteiger partial charge in [-0.25, -0.2) is 0 Å². The van der Waals surface area contributed by atoms with Gasteiger partial charge in [0.15, 0.2) is 0 Å². The smallest absolute Gasteiger partial charge is 0.293 e. The predicted molar refractivity (Wildman–Crippen MR) is 56.8 cm³/mol. The van der Waals surface area contributed by atoms with Gasteiger partial charge in [0.1, 0.15) is 0 Å². The van der Waals surface area contributed by atoms with Gasteiger partial charge in [0.25, 0.3) is 11.7 Å². The molecule has 1 aromatic rings. The molecule has 1 aliphatic heterocycles. The number of rotatable bonds is 3. The fourth-order valence-corrected chi connectivity index (χ4v) is 1.90. The molecule has 7 heteroatoms. The molecule has 0 bridgehead atoms. The molecule has 2 N–H and O–H groups in total. The second-order valence-corrected chi connectivity index (χ2v) is 3.92. The van der Waals surface area contributed by atoms with Crippen LogP contribution in [0.15, 0.2) is 0 Å². The van der Waals surface area contributed by atoms with Crippen molar-refractivity contribution in [2.45, 2.75) is 25.8 Å². The SMILES string of the molecule is CCN1CCC(NC(=O)c2nn[nH]n2)CC1. The van der Waals surface area contributed by atoms with E-state index in [-0.39, 0.29) is 17.8 Å². The Balaban J connectivity index is 1.81. The van der Waals surface area contributed by atoms with Crippen LogP contribution in [0.2, 0.25) is 0 Å². The standard InChI is InChI=1S/C9H16N6O/c1-2-15-5-3-7(4-6-15)10-9(16)8-11-13-14-12-8/h7H,2-6H2,1H3,(H,10,16)(H,11,12,13,14). The van der Waals surface area contributed by atoms with E-state index in [2.05, 4.69) is 37.8 Å². The van der Waals surface area contributed by atoms with Crippen LogP contribution in [0.5, 0.6) is 0 Å². The first-order valence-corrected chi connectivity index (χ1v) is 5.56. The quantitative estimate of drug-likeness (QED) is 0.717. The maximum absolute atomic E-state index is 11.6. The van der Waals surface area contributed by atoms with Crippen molar-refractivity contribution in [2.24, 2.45) is 0 Å². The molecule has 0 saturated carbocycles.